The molecule has 0 unspecified atom stereocenters. The molecule has 0 saturated carbocycles. The maximum Gasteiger partial charge on any atom is 0.326 e. The molecule has 0 heterocycles. The second-order valence-electron chi connectivity index (χ2n) is 17.7. The molecule has 26 nitrogen and oxygen atoms in total. The predicted molar refractivity (Wildman–Crippen MR) is 266 cm³/mol. The molecule has 8 atom stereocenters. The van der Waals surface area contributed by atoms with E-state index >= 15 is 0 Å². The van der Waals surface area contributed by atoms with Crippen molar-refractivity contribution in [2.24, 2.45) is 45.5 Å². The van der Waals surface area contributed by atoms with Gasteiger partial charge in [-0.2, -0.15) is 11.8 Å². The number of aliphatic carboxylic acids is 2. The van der Waals surface area contributed by atoms with Crippen LogP contribution in [0.3, 0.4) is 0 Å². The number of carbonyl (C=O) groups excluding carboxylic acids is 9. The van der Waals surface area contributed by atoms with E-state index in [0.29, 0.717) is 5.56 Å². The lowest BCUT2D eigenvalue weighted by atomic mass is 10.0. The number of nitrogens with two attached hydrogens (primary N) is 5. The van der Waals surface area contributed by atoms with E-state index in [1.165, 1.54) is 11.8 Å². The number of hydrogen-bond donors (Lipinski definition) is 14. The van der Waals surface area contributed by atoms with E-state index in [-0.39, 0.29) is 69.1 Å². The Hall–Kier alpha value is -7.03. The van der Waals surface area contributed by atoms with Crippen molar-refractivity contribution in [1.29, 1.82) is 0 Å². The van der Waals surface area contributed by atoms with Gasteiger partial charge in [-0.1, -0.05) is 58.0 Å². The highest BCUT2D eigenvalue weighted by Gasteiger charge is 2.36. The predicted octanol–water partition coefficient (Wildman–Crippen LogP) is -3.45. The van der Waals surface area contributed by atoms with Gasteiger partial charge in [0.15, 0.2) is 5.96 Å². The second kappa shape index (κ2) is 32.8. The molecular weight excluding hydrogens is 963 g/mol. The monoisotopic (exact) mass is 1040 g/mol. The van der Waals surface area contributed by atoms with Crippen LogP contribution in [-0.2, 0) is 59.2 Å². The number of carboxylic acid groups (broad SMARTS) is 2. The molecule has 1 aromatic carbocycles. The number of primary amides is 2. The minimum absolute atomic E-state index is 0.0112. The van der Waals surface area contributed by atoms with E-state index in [9.17, 15) is 63.0 Å². The van der Waals surface area contributed by atoms with Crippen molar-refractivity contribution in [3.63, 3.8) is 0 Å². The summed E-state index contributed by atoms with van der Waals surface area (Å²) < 4.78 is 0. The molecular formula is C45H73N13O13S. The topological polar surface area (TPSA) is 455 Å². The summed E-state index contributed by atoms with van der Waals surface area (Å²) in [6.07, 6.45) is -0.815. The Balaban J connectivity index is 3.47. The van der Waals surface area contributed by atoms with Crippen LogP contribution in [0.15, 0.2) is 35.3 Å². The summed E-state index contributed by atoms with van der Waals surface area (Å²) in [5.74, 6) is -11.9. The van der Waals surface area contributed by atoms with E-state index in [1.807, 2.05) is 13.8 Å². The Kier molecular flexibility index (Phi) is 28.7. The van der Waals surface area contributed by atoms with Gasteiger partial charge in [0.2, 0.25) is 53.2 Å². The maximum absolute atomic E-state index is 14.0. The molecule has 0 fully saturated rings. The average molecular weight is 1040 g/mol. The highest BCUT2D eigenvalue weighted by atomic mass is 32.2. The summed E-state index contributed by atoms with van der Waals surface area (Å²) in [6, 6.07) is -3.24. The number of hydrogen-bond acceptors (Lipinski definition) is 14. The van der Waals surface area contributed by atoms with Crippen LogP contribution in [0.1, 0.15) is 91.0 Å². The van der Waals surface area contributed by atoms with Gasteiger partial charge in [0.1, 0.15) is 42.3 Å². The van der Waals surface area contributed by atoms with E-state index in [2.05, 4.69) is 42.2 Å². The zero-order chi connectivity index (χ0) is 54.7. The molecule has 27 heteroatoms. The van der Waals surface area contributed by atoms with Gasteiger partial charge in [-0.05, 0) is 67.9 Å². The molecule has 1 aromatic rings. The standard InChI is InChI=1S/C45H73N13O13S/c1-23(2)20-26(46)37(63)52-28(13-15-33(47)59)38(64)53-27(12-9-18-51-45(49)50)41(67)58-36(24(3)4)43(69)55-29(14-16-35(61)62)39(65)54-30(17-19-72-5)40(66)56-31(22-34(48)60)42(68)57-32(44(70)71)21-25-10-7-6-8-11-25/h6-8,10-11,23-24,26-32,36H,9,12-22,46H2,1-5H3,(H2,47,59)(H2,48,60)(H,52,63)(H,53,64)(H,54,65)(H,55,69)(H,56,66)(H,57,68)(H,58,67)(H,61,62)(H,70,71)(H4,49,50,51)/t26-,27-,28-,29-,30-,31-,32-,36-/m0/s1. The van der Waals surface area contributed by atoms with E-state index in [4.69, 9.17) is 28.7 Å². The Labute approximate surface area is 422 Å². The van der Waals surface area contributed by atoms with Gasteiger partial charge < -0.3 is 76.1 Å². The van der Waals surface area contributed by atoms with Crippen molar-refractivity contribution in [2.45, 2.75) is 140 Å². The van der Waals surface area contributed by atoms with Crippen LogP contribution in [0.25, 0.3) is 0 Å². The Bertz CT molecular complexity index is 2060. The second-order valence-corrected chi connectivity index (χ2v) is 18.7. The molecule has 402 valence electrons. The average Bonchev–Trinajstić information content (AvgIpc) is 3.29. The van der Waals surface area contributed by atoms with Crippen molar-refractivity contribution in [3.8, 4) is 0 Å². The zero-order valence-electron chi connectivity index (χ0n) is 41.3. The summed E-state index contributed by atoms with van der Waals surface area (Å²) in [6.45, 7) is 6.77. The lowest BCUT2D eigenvalue weighted by Crippen LogP contribution is -2.61. The van der Waals surface area contributed by atoms with Crippen molar-refractivity contribution in [2.75, 3.05) is 18.6 Å². The van der Waals surface area contributed by atoms with Crippen LogP contribution >= 0.6 is 11.8 Å². The third kappa shape index (κ3) is 25.2. The third-order valence-electron chi connectivity index (χ3n) is 10.7. The number of amides is 9. The lowest BCUT2D eigenvalue weighted by molar-refractivity contribution is -0.142. The van der Waals surface area contributed by atoms with Gasteiger partial charge in [0.05, 0.1) is 12.5 Å². The highest BCUT2D eigenvalue weighted by molar-refractivity contribution is 7.98. The Morgan fingerprint density at radius 3 is 1.54 bits per heavy atom. The van der Waals surface area contributed by atoms with Crippen molar-refractivity contribution in [1.82, 2.24) is 37.2 Å². The number of nitrogens with zero attached hydrogens (tertiary/aromatic N) is 1. The molecule has 0 spiro atoms. The highest BCUT2D eigenvalue weighted by Crippen LogP contribution is 2.12. The fraction of sp³-hybridized carbons (Fsp3) is 0.600. The van der Waals surface area contributed by atoms with Gasteiger partial charge in [-0.3, -0.25) is 52.9 Å². The molecule has 1 rings (SSSR count). The van der Waals surface area contributed by atoms with Crippen LogP contribution < -0.4 is 65.9 Å². The largest absolute Gasteiger partial charge is 0.481 e. The van der Waals surface area contributed by atoms with Crippen LogP contribution in [-0.4, -0.2) is 148 Å². The number of benzene rings is 1. The minimum atomic E-state index is -1.70. The van der Waals surface area contributed by atoms with Crippen LogP contribution in [0.4, 0.5) is 0 Å². The third-order valence-corrected chi connectivity index (χ3v) is 11.3. The number of aliphatic imine (C=N–C) groups is 1. The van der Waals surface area contributed by atoms with Gasteiger partial charge in [0.25, 0.3) is 0 Å². The fourth-order valence-corrected chi connectivity index (χ4v) is 7.33. The van der Waals surface area contributed by atoms with Gasteiger partial charge in [-0.15, -0.1) is 0 Å². The lowest BCUT2D eigenvalue weighted by Gasteiger charge is -2.29. The SMILES string of the molecule is CSCC[C@H](NC(=O)[C@H](CCC(=O)O)NC(=O)[C@@H](NC(=O)[C@H](CCCN=C(N)N)NC(=O)[C@H](CCC(N)=O)NC(=O)[C@@H](N)CC(C)C)C(C)C)C(=O)N[C@@H](CC(N)=O)C(=O)N[C@@H](Cc1ccccc1)C(=O)O. The van der Waals surface area contributed by atoms with E-state index in [0.717, 1.165) is 0 Å². The summed E-state index contributed by atoms with van der Waals surface area (Å²) in [5.41, 5.74) is 28.2. The number of nitrogens with one attached hydrogen (secondary N) is 7. The first-order valence-corrected chi connectivity index (χ1v) is 24.6. The molecule has 72 heavy (non-hydrogen) atoms. The first kappa shape index (κ1) is 63.0. The van der Waals surface area contributed by atoms with Crippen LogP contribution in [0.5, 0.6) is 0 Å². The number of carbonyl (C=O) groups is 11. The maximum atomic E-state index is 14.0. The molecule has 9 amide bonds. The first-order valence-electron chi connectivity index (χ1n) is 23.2. The van der Waals surface area contributed by atoms with E-state index < -0.39 is 139 Å². The van der Waals surface area contributed by atoms with Crippen molar-refractivity contribution < 1.29 is 63.0 Å². The molecule has 0 aliphatic carbocycles. The minimum Gasteiger partial charge on any atom is -0.481 e. The summed E-state index contributed by atoms with van der Waals surface area (Å²) >= 11 is 1.27. The summed E-state index contributed by atoms with van der Waals surface area (Å²) in [4.78, 5) is 147. The summed E-state index contributed by atoms with van der Waals surface area (Å²) in [7, 11) is 0. The fourth-order valence-electron chi connectivity index (χ4n) is 6.86. The van der Waals surface area contributed by atoms with Crippen molar-refractivity contribution >= 4 is 82.8 Å². The van der Waals surface area contributed by atoms with Crippen LogP contribution in [0, 0.1) is 11.8 Å². The Morgan fingerprint density at radius 2 is 1.06 bits per heavy atom. The number of rotatable bonds is 35. The molecule has 0 aliphatic heterocycles. The summed E-state index contributed by atoms with van der Waals surface area (Å²) in [5, 5.41) is 36.6. The molecule has 0 bridgehead atoms. The number of guanidine groups is 1. The van der Waals surface area contributed by atoms with Crippen LogP contribution in [0.2, 0.25) is 0 Å². The Morgan fingerprint density at radius 1 is 0.583 bits per heavy atom. The first-order chi connectivity index (χ1) is 33.7. The van der Waals surface area contributed by atoms with Crippen molar-refractivity contribution in [3.05, 3.63) is 35.9 Å². The normalized spacial score (nSPS) is 14.3. The molecule has 0 aromatic heterocycles. The molecule has 0 aliphatic rings. The van der Waals surface area contributed by atoms with Gasteiger partial charge >= 0.3 is 11.9 Å². The quantitative estimate of drug-likeness (QED) is 0.0179. The number of thioether (sulfide) groups is 1. The molecule has 0 radical (unpaired) electrons. The van der Waals surface area contributed by atoms with Gasteiger partial charge in [-0.25, -0.2) is 4.79 Å². The van der Waals surface area contributed by atoms with Gasteiger partial charge in [0, 0.05) is 25.8 Å². The van der Waals surface area contributed by atoms with E-state index in [1.54, 1.807) is 50.4 Å². The number of carboxylic acids is 2. The molecule has 19 N–H and O–H groups in total. The smallest absolute Gasteiger partial charge is 0.326 e. The zero-order valence-corrected chi connectivity index (χ0v) is 42.1. The molecule has 0 saturated heterocycles.